The van der Waals surface area contributed by atoms with Crippen LogP contribution in [0.25, 0.3) is 0 Å². The molecule has 0 fully saturated rings. The van der Waals surface area contributed by atoms with Crippen LogP contribution < -0.4 is 4.74 Å². The topological polar surface area (TPSA) is 48.7 Å². The highest BCUT2D eigenvalue weighted by Gasteiger charge is 2.14. The minimum Gasteiger partial charge on any atom is -0.452 e. The van der Waals surface area contributed by atoms with Crippen molar-refractivity contribution in [2.75, 3.05) is 7.11 Å². The number of carbonyl (C=O) groups is 1. The lowest BCUT2D eigenvalue weighted by Gasteiger charge is -2.04. The molecule has 0 spiro atoms. The molecule has 18 heavy (non-hydrogen) atoms. The van der Waals surface area contributed by atoms with Crippen molar-refractivity contribution in [3.63, 3.8) is 0 Å². The molecule has 4 heteroatoms. The van der Waals surface area contributed by atoms with Crippen LogP contribution in [0.4, 0.5) is 0 Å². The maximum Gasteiger partial charge on any atom is 0.379 e. The smallest absolute Gasteiger partial charge is 0.379 e. The van der Waals surface area contributed by atoms with Gasteiger partial charge in [0.2, 0.25) is 5.76 Å². The Morgan fingerprint density at radius 3 is 2.72 bits per heavy atom. The molecule has 2 rings (SSSR count). The van der Waals surface area contributed by atoms with E-state index in [1.54, 1.807) is 25.3 Å². The lowest BCUT2D eigenvalue weighted by atomic mass is 10.2. The Hall–Kier alpha value is -2.07. The largest absolute Gasteiger partial charge is 0.452 e. The first kappa shape index (κ1) is 12.4. The fourth-order valence-electron chi connectivity index (χ4n) is 1.53. The van der Waals surface area contributed by atoms with Crippen LogP contribution >= 0.6 is 0 Å². The molecule has 1 aromatic carbocycles. The predicted molar refractivity (Wildman–Crippen MR) is 65.6 cm³/mol. The van der Waals surface area contributed by atoms with Gasteiger partial charge in [0.15, 0.2) is 0 Å². The number of esters is 1. The summed E-state index contributed by atoms with van der Waals surface area (Å²) in [5.41, 5.74) is 0.898. The fraction of sp³-hybridized carbons (Fsp3) is 0.214. The average molecular weight is 246 g/mol. The highest BCUT2D eigenvalue weighted by Crippen LogP contribution is 2.18. The van der Waals surface area contributed by atoms with E-state index in [2.05, 4.69) is 0 Å². The van der Waals surface area contributed by atoms with Crippen molar-refractivity contribution < 1.29 is 18.7 Å². The first-order valence-corrected chi connectivity index (χ1v) is 5.56. The third kappa shape index (κ3) is 2.78. The van der Waals surface area contributed by atoms with E-state index in [0.29, 0.717) is 18.1 Å². The van der Waals surface area contributed by atoms with Crippen LogP contribution in [-0.4, -0.2) is 13.1 Å². The van der Waals surface area contributed by atoms with E-state index >= 15 is 0 Å². The van der Waals surface area contributed by atoms with Crippen LogP contribution in [-0.2, 0) is 11.3 Å². The normalized spacial score (nSPS) is 10.3. The molecule has 4 nitrogen and oxygen atoms in total. The highest BCUT2D eigenvalue weighted by atomic mass is 16.5. The standard InChI is InChI=1S/C14H14O4/c1-10-5-3-4-6-12(10)18-14(15)13-8-7-11(17-13)9-16-2/h3-8H,9H2,1-2H3. The van der Waals surface area contributed by atoms with Crippen LogP contribution in [0.5, 0.6) is 5.75 Å². The maximum absolute atomic E-state index is 11.8. The third-order valence-corrected chi connectivity index (χ3v) is 2.45. The molecule has 2 aromatic rings. The predicted octanol–water partition coefficient (Wildman–Crippen LogP) is 2.95. The summed E-state index contributed by atoms with van der Waals surface area (Å²) in [6.07, 6.45) is 0. The van der Waals surface area contributed by atoms with Gasteiger partial charge in [-0.1, -0.05) is 18.2 Å². The summed E-state index contributed by atoms with van der Waals surface area (Å²) in [6, 6.07) is 10.6. The Kier molecular flexibility index (Phi) is 3.79. The lowest BCUT2D eigenvalue weighted by molar-refractivity contribution is 0.0692. The van der Waals surface area contributed by atoms with Crippen molar-refractivity contribution in [1.29, 1.82) is 0 Å². The lowest BCUT2D eigenvalue weighted by Crippen LogP contribution is -2.08. The van der Waals surface area contributed by atoms with Gasteiger partial charge in [-0.05, 0) is 30.7 Å². The molecule has 0 aliphatic carbocycles. The summed E-state index contributed by atoms with van der Waals surface area (Å²) in [5, 5.41) is 0. The van der Waals surface area contributed by atoms with Gasteiger partial charge in [-0.3, -0.25) is 0 Å². The number of hydrogen-bond donors (Lipinski definition) is 0. The van der Waals surface area contributed by atoms with Crippen molar-refractivity contribution in [1.82, 2.24) is 0 Å². The van der Waals surface area contributed by atoms with Crippen molar-refractivity contribution in [3.8, 4) is 5.75 Å². The average Bonchev–Trinajstić information content (AvgIpc) is 2.81. The van der Waals surface area contributed by atoms with Gasteiger partial charge in [0.1, 0.15) is 18.1 Å². The van der Waals surface area contributed by atoms with Crippen LogP contribution in [0.1, 0.15) is 21.9 Å². The molecule has 0 saturated heterocycles. The minimum absolute atomic E-state index is 0.172. The van der Waals surface area contributed by atoms with E-state index in [1.807, 2.05) is 25.1 Å². The van der Waals surface area contributed by atoms with E-state index in [1.165, 1.54) is 0 Å². The number of aryl methyl sites for hydroxylation is 1. The Bertz CT molecular complexity index is 542. The monoisotopic (exact) mass is 246 g/mol. The molecule has 0 aliphatic heterocycles. The van der Waals surface area contributed by atoms with Crippen LogP contribution in [0.3, 0.4) is 0 Å². The van der Waals surface area contributed by atoms with Crippen molar-refractivity contribution in [2.24, 2.45) is 0 Å². The molecule has 0 amide bonds. The maximum atomic E-state index is 11.8. The van der Waals surface area contributed by atoms with E-state index in [0.717, 1.165) is 5.56 Å². The van der Waals surface area contributed by atoms with E-state index in [9.17, 15) is 4.79 Å². The summed E-state index contributed by atoms with van der Waals surface area (Å²) >= 11 is 0. The number of methoxy groups -OCH3 is 1. The van der Waals surface area contributed by atoms with Gasteiger partial charge in [0.25, 0.3) is 0 Å². The summed E-state index contributed by atoms with van der Waals surface area (Å²) in [6.45, 7) is 2.21. The number of furan rings is 1. The van der Waals surface area contributed by atoms with Gasteiger partial charge >= 0.3 is 5.97 Å². The van der Waals surface area contributed by atoms with Crippen LogP contribution in [0.15, 0.2) is 40.8 Å². The second-order valence-electron chi connectivity index (χ2n) is 3.85. The molecule has 0 saturated carbocycles. The van der Waals surface area contributed by atoms with Crippen molar-refractivity contribution in [3.05, 3.63) is 53.5 Å². The molecule has 0 atom stereocenters. The Morgan fingerprint density at radius 2 is 2.00 bits per heavy atom. The Balaban J connectivity index is 2.10. The van der Waals surface area contributed by atoms with Gasteiger partial charge < -0.3 is 13.9 Å². The molecule has 0 radical (unpaired) electrons. The molecule has 0 N–H and O–H groups in total. The molecule has 0 bridgehead atoms. The van der Waals surface area contributed by atoms with E-state index in [4.69, 9.17) is 13.9 Å². The first-order chi connectivity index (χ1) is 8.70. The molecular formula is C14H14O4. The van der Waals surface area contributed by atoms with E-state index < -0.39 is 5.97 Å². The van der Waals surface area contributed by atoms with Gasteiger partial charge in [0.05, 0.1) is 0 Å². The molecule has 1 aromatic heterocycles. The zero-order valence-corrected chi connectivity index (χ0v) is 10.3. The number of rotatable bonds is 4. The molecule has 0 aliphatic rings. The summed E-state index contributed by atoms with van der Waals surface area (Å²) in [5.74, 6) is 0.790. The minimum atomic E-state index is -0.508. The quantitative estimate of drug-likeness (QED) is 0.614. The zero-order valence-electron chi connectivity index (χ0n) is 10.3. The van der Waals surface area contributed by atoms with Gasteiger partial charge in [-0.2, -0.15) is 0 Å². The number of carbonyl (C=O) groups excluding carboxylic acids is 1. The van der Waals surface area contributed by atoms with Crippen LogP contribution in [0, 0.1) is 6.92 Å². The Morgan fingerprint density at radius 1 is 1.22 bits per heavy atom. The van der Waals surface area contributed by atoms with Crippen molar-refractivity contribution in [2.45, 2.75) is 13.5 Å². The van der Waals surface area contributed by atoms with Crippen LogP contribution in [0.2, 0.25) is 0 Å². The number of ether oxygens (including phenoxy) is 2. The molecular weight excluding hydrogens is 232 g/mol. The number of para-hydroxylation sites is 1. The number of benzene rings is 1. The first-order valence-electron chi connectivity index (χ1n) is 5.56. The molecule has 94 valence electrons. The second kappa shape index (κ2) is 5.51. The third-order valence-electron chi connectivity index (χ3n) is 2.45. The van der Waals surface area contributed by atoms with Gasteiger partial charge in [-0.15, -0.1) is 0 Å². The number of hydrogen-bond acceptors (Lipinski definition) is 4. The summed E-state index contributed by atoms with van der Waals surface area (Å²) in [4.78, 5) is 11.8. The van der Waals surface area contributed by atoms with Gasteiger partial charge in [-0.25, -0.2) is 4.79 Å². The summed E-state index contributed by atoms with van der Waals surface area (Å²) in [7, 11) is 1.56. The summed E-state index contributed by atoms with van der Waals surface area (Å²) < 4.78 is 15.5. The fourth-order valence-corrected chi connectivity index (χ4v) is 1.53. The molecule has 0 unspecified atom stereocenters. The SMILES string of the molecule is COCc1ccc(C(=O)Oc2ccccc2C)o1. The zero-order chi connectivity index (χ0) is 13.0. The van der Waals surface area contributed by atoms with E-state index in [-0.39, 0.29) is 5.76 Å². The Labute approximate surface area is 105 Å². The molecule has 1 heterocycles. The van der Waals surface area contributed by atoms with Crippen molar-refractivity contribution >= 4 is 5.97 Å². The highest BCUT2D eigenvalue weighted by molar-refractivity contribution is 5.88. The second-order valence-corrected chi connectivity index (χ2v) is 3.85. The van der Waals surface area contributed by atoms with Gasteiger partial charge in [0, 0.05) is 7.11 Å².